The zero-order chi connectivity index (χ0) is 22.1. The number of amides is 2. The maximum absolute atomic E-state index is 13.3. The molecule has 0 heterocycles. The molecule has 1 aliphatic rings. The molecule has 166 valence electrons. The fourth-order valence-electron chi connectivity index (χ4n) is 4.01. The Morgan fingerprint density at radius 2 is 1.77 bits per heavy atom. The van der Waals surface area contributed by atoms with Crippen molar-refractivity contribution in [3.8, 4) is 0 Å². The Labute approximate surface area is 194 Å². The van der Waals surface area contributed by atoms with Crippen LogP contribution in [0, 0.1) is 0 Å². The molecule has 1 N–H and O–H groups in total. The van der Waals surface area contributed by atoms with Gasteiger partial charge in [-0.1, -0.05) is 79.9 Å². The van der Waals surface area contributed by atoms with Crippen LogP contribution in [0.1, 0.15) is 50.2 Å². The summed E-state index contributed by atoms with van der Waals surface area (Å²) in [7, 11) is 0. The van der Waals surface area contributed by atoms with Gasteiger partial charge in [0.05, 0.1) is 5.75 Å². The van der Waals surface area contributed by atoms with Crippen molar-refractivity contribution in [1.29, 1.82) is 0 Å². The van der Waals surface area contributed by atoms with E-state index >= 15 is 0 Å². The molecule has 2 amide bonds. The lowest BCUT2D eigenvalue weighted by molar-refractivity contribution is -0.139. The zero-order valence-electron chi connectivity index (χ0n) is 18.1. The van der Waals surface area contributed by atoms with Crippen molar-refractivity contribution >= 4 is 35.2 Å². The molecule has 2 aromatic carbocycles. The fraction of sp³-hybridized carbons (Fsp3) is 0.440. The average Bonchev–Trinajstić information content (AvgIpc) is 3.28. The number of nitrogens with zero attached hydrogens (tertiary/aromatic N) is 1. The van der Waals surface area contributed by atoms with Gasteiger partial charge in [0.1, 0.15) is 6.04 Å². The van der Waals surface area contributed by atoms with Crippen LogP contribution in [0.15, 0.2) is 54.6 Å². The predicted molar refractivity (Wildman–Crippen MR) is 129 cm³/mol. The van der Waals surface area contributed by atoms with Crippen molar-refractivity contribution < 1.29 is 9.59 Å². The molecule has 2 aromatic rings. The Morgan fingerprint density at radius 1 is 1.10 bits per heavy atom. The molecule has 0 aromatic heterocycles. The first-order chi connectivity index (χ1) is 15.1. The number of nitrogens with one attached hydrogen (secondary N) is 1. The number of thioether (sulfide) groups is 1. The standard InChI is InChI=1S/C25H31ClN2O2S/c1-2-23(25(30)27-21-13-7-8-14-21)28(16-19-10-4-3-5-11-19)24(29)18-31-17-20-12-6-9-15-22(20)26/h3-6,9-12,15,21,23H,2,7-8,13-14,16-18H2,1H3,(H,27,30). The van der Waals surface area contributed by atoms with Crippen LogP contribution in [0.2, 0.25) is 5.02 Å². The van der Waals surface area contributed by atoms with E-state index in [0.29, 0.717) is 29.5 Å². The van der Waals surface area contributed by atoms with E-state index in [1.54, 1.807) is 4.90 Å². The van der Waals surface area contributed by atoms with Crippen LogP contribution in [0.3, 0.4) is 0 Å². The quantitative estimate of drug-likeness (QED) is 0.515. The largest absolute Gasteiger partial charge is 0.352 e. The normalized spacial score (nSPS) is 14.9. The molecule has 0 saturated heterocycles. The molecule has 0 radical (unpaired) electrons. The number of rotatable bonds is 10. The predicted octanol–water partition coefficient (Wildman–Crippen LogP) is 5.44. The van der Waals surface area contributed by atoms with Gasteiger partial charge in [0.25, 0.3) is 0 Å². The number of benzene rings is 2. The SMILES string of the molecule is CCC(C(=O)NC1CCCC1)N(Cc1ccccc1)C(=O)CSCc1ccccc1Cl. The molecular formula is C25H31ClN2O2S. The summed E-state index contributed by atoms with van der Waals surface area (Å²) in [6.45, 7) is 2.41. The number of hydrogen-bond acceptors (Lipinski definition) is 3. The second kappa shape index (κ2) is 12.2. The van der Waals surface area contributed by atoms with Crippen LogP contribution in [0.5, 0.6) is 0 Å². The monoisotopic (exact) mass is 458 g/mol. The molecule has 1 unspecified atom stereocenters. The van der Waals surface area contributed by atoms with Gasteiger partial charge in [0, 0.05) is 23.4 Å². The van der Waals surface area contributed by atoms with Crippen LogP contribution in [0.25, 0.3) is 0 Å². The van der Waals surface area contributed by atoms with E-state index in [1.807, 2.05) is 61.5 Å². The first kappa shape index (κ1) is 23.7. The molecule has 31 heavy (non-hydrogen) atoms. The van der Waals surface area contributed by atoms with E-state index in [9.17, 15) is 9.59 Å². The number of halogens is 1. The lowest BCUT2D eigenvalue weighted by atomic mass is 10.1. The molecule has 1 fully saturated rings. The van der Waals surface area contributed by atoms with Gasteiger partial charge in [-0.05, 0) is 36.5 Å². The molecule has 0 spiro atoms. The van der Waals surface area contributed by atoms with E-state index in [0.717, 1.165) is 36.8 Å². The van der Waals surface area contributed by atoms with Crippen molar-refractivity contribution in [1.82, 2.24) is 10.2 Å². The minimum atomic E-state index is -0.464. The maximum Gasteiger partial charge on any atom is 0.243 e. The Morgan fingerprint density at radius 3 is 2.45 bits per heavy atom. The molecule has 4 nitrogen and oxygen atoms in total. The van der Waals surface area contributed by atoms with Crippen molar-refractivity contribution in [2.45, 2.75) is 63.4 Å². The summed E-state index contributed by atoms with van der Waals surface area (Å²) in [5, 5.41) is 3.90. The topological polar surface area (TPSA) is 49.4 Å². The molecule has 0 aliphatic heterocycles. The van der Waals surface area contributed by atoms with Crippen LogP contribution >= 0.6 is 23.4 Å². The third-order valence-corrected chi connectivity index (χ3v) is 7.06. The second-order valence-electron chi connectivity index (χ2n) is 8.01. The minimum Gasteiger partial charge on any atom is -0.352 e. The highest BCUT2D eigenvalue weighted by Crippen LogP contribution is 2.23. The van der Waals surface area contributed by atoms with E-state index in [-0.39, 0.29) is 17.9 Å². The van der Waals surface area contributed by atoms with Crippen molar-refractivity contribution in [2.24, 2.45) is 0 Å². The van der Waals surface area contributed by atoms with Crippen molar-refractivity contribution in [3.63, 3.8) is 0 Å². The summed E-state index contributed by atoms with van der Waals surface area (Å²) in [6.07, 6.45) is 4.97. The first-order valence-corrected chi connectivity index (χ1v) is 12.6. The highest BCUT2D eigenvalue weighted by molar-refractivity contribution is 7.99. The molecule has 3 rings (SSSR count). The van der Waals surface area contributed by atoms with Crippen molar-refractivity contribution in [2.75, 3.05) is 5.75 Å². The minimum absolute atomic E-state index is 0.0191. The van der Waals surface area contributed by atoms with E-state index in [4.69, 9.17) is 11.6 Å². The Kier molecular flexibility index (Phi) is 9.29. The van der Waals surface area contributed by atoms with Gasteiger partial charge in [-0.15, -0.1) is 11.8 Å². The number of hydrogen-bond donors (Lipinski definition) is 1. The van der Waals surface area contributed by atoms with Crippen molar-refractivity contribution in [3.05, 3.63) is 70.7 Å². The summed E-state index contributed by atoms with van der Waals surface area (Å²) in [6, 6.07) is 17.3. The third kappa shape index (κ3) is 7.01. The molecule has 1 aliphatic carbocycles. The Hall–Kier alpha value is -1.98. The van der Waals surface area contributed by atoms with Gasteiger partial charge in [0.2, 0.25) is 11.8 Å². The summed E-state index contributed by atoms with van der Waals surface area (Å²) in [5.74, 6) is 0.921. The average molecular weight is 459 g/mol. The lowest BCUT2D eigenvalue weighted by Gasteiger charge is -2.31. The Balaban J connectivity index is 1.68. The molecule has 1 saturated carbocycles. The molecule has 6 heteroatoms. The van der Waals surface area contributed by atoms with Gasteiger partial charge in [0.15, 0.2) is 0 Å². The van der Waals surface area contributed by atoms with Crippen LogP contribution in [0.4, 0.5) is 0 Å². The van der Waals surface area contributed by atoms with Gasteiger partial charge in [-0.2, -0.15) is 0 Å². The fourth-order valence-corrected chi connectivity index (χ4v) is 5.21. The van der Waals surface area contributed by atoms with Crippen LogP contribution < -0.4 is 5.32 Å². The van der Waals surface area contributed by atoms with E-state index < -0.39 is 6.04 Å². The summed E-state index contributed by atoms with van der Waals surface area (Å²) in [4.78, 5) is 28.1. The van der Waals surface area contributed by atoms with Crippen LogP contribution in [-0.4, -0.2) is 34.6 Å². The Bertz CT molecular complexity index is 856. The second-order valence-corrected chi connectivity index (χ2v) is 9.40. The summed E-state index contributed by atoms with van der Waals surface area (Å²) < 4.78 is 0. The third-order valence-electron chi connectivity index (χ3n) is 5.72. The molecule has 0 bridgehead atoms. The van der Waals surface area contributed by atoms with Gasteiger partial charge < -0.3 is 10.2 Å². The molecular weight excluding hydrogens is 428 g/mol. The van der Waals surface area contributed by atoms with Gasteiger partial charge >= 0.3 is 0 Å². The molecule has 1 atom stereocenters. The van der Waals surface area contributed by atoms with E-state index in [2.05, 4.69) is 5.32 Å². The smallest absolute Gasteiger partial charge is 0.243 e. The van der Waals surface area contributed by atoms with Gasteiger partial charge in [-0.3, -0.25) is 9.59 Å². The maximum atomic E-state index is 13.3. The highest BCUT2D eigenvalue weighted by atomic mass is 35.5. The lowest BCUT2D eigenvalue weighted by Crippen LogP contribution is -2.51. The summed E-state index contributed by atoms with van der Waals surface area (Å²) >= 11 is 7.78. The number of carbonyl (C=O) groups excluding carboxylic acids is 2. The highest BCUT2D eigenvalue weighted by Gasteiger charge is 2.30. The first-order valence-electron chi connectivity index (χ1n) is 11.0. The van der Waals surface area contributed by atoms with Gasteiger partial charge in [-0.25, -0.2) is 0 Å². The summed E-state index contributed by atoms with van der Waals surface area (Å²) in [5.41, 5.74) is 2.04. The van der Waals surface area contributed by atoms with Crippen LogP contribution in [-0.2, 0) is 21.9 Å². The number of carbonyl (C=O) groups is 2. The van der Waals surface area contributed by atoms with E-state index in [1.165, 1.54) is 11.8 Å². The zero-order valence-corrected chi connectivity index (χ0v) is 19.6.